The molecule has 3 amide bonds. The topological polar surface area (TPSA) is 168 Å². The number of pyridine rings is 1. The number of carbonyl (C=O) groups excluding carboxylic acids is 2. The van der Waals surface area contributed by atoms with Crippen LogP contribution in [0.3, 0.4) is 0 Å². The molecule has 2 fully saturated rings. The first-order valence-electron chi connectivity index (χ1n) is 17.1. The van der Waals surface area contributed by atoms with Crippen LogP contribution in [0.1, 0.15) is 50.7 Å². The third kappa shape index (κ3) is 9.17. The maximum Gasteiger partial charge on any atom is 0.407 e. The van der Waals surface area contributed by atoms with E-state index in [0.29, 0.717) is 13.2 Å². The van der Waals surface area contributed by atoms with Crippen LogP contribution in [0.15, 0.2) is 79.0 Å². The summed E-state index contributed by atoms with van der Waals surface area (Å²) in [4.78, 5) is 43.1. The van der Waals surface area contributed by atoms with Crippen molar-refractivity contribution < 1.29 is 38.8 Å². The van der Waals surface area contributed by atoms with Crippen molar-refractivity contribution >= 4 is 18.1 Å². The van der Waals surface area contributed by atoms with Crippen LogP contribution in [0, 0.1) is 17.3 Å². The fourth-order valence-electron chi connectivity index (χ4n) is 7.20. The van der Waals surface area contributed by atoms with Gasteiger partial charge in [-0.15, -0.1) is 0 Å². The van der Waals surface area contributed by atoms with Gasteiger partial charge in [-0.05, 0) is 53.9 Å². The number of methoxy groups -OCH3 is 1. The first-order valence-corrected chi connectivity index (χ1v) is 17.1. The standard InChI is InChI=1S/C38H48N4O8/c1-38(2,3)33(42-37(47)48-4)34(44)40-30(21-31(43)29(41-36(45)46)20-23-10-6-5-7-11-23)32(27-22-50-35-26(27)17-19-49-35)25-15-13-24(14-16-25)28-12-8-9-18-39-28/h5-16,18,26-27,29-33,35,41,43H,17,19-22H2,1-4H3,(H,40,44)(H,42,47)(H,45,46)/t26-,27+,29+,30+,31-,32?,33-,35+/m1/s1. The molecule has 3 aromatic rings. The molecule has 3 heterocycles. The number of nitrogens with one attached hydrogen (secondary N) is 3. The molecule has 2 aromatic carbocycles. The van der Waals surface area contributed by atoms with E-state index in [-0.39, 0.29) is 36.9 Å². The number of carboxylic acid groups (broad SMARTS) is 1. The number of amides is 3. The molecule has 0 bridgehead atoms. The lowest BCUT2D eigenvalue weighted by atomic mass is 9.72. The number of fused-ring (bicyclic) bond motifs is 1. The van der Waals surface area contributed by atoms with Gasteiger partial charge in [-0.2, -0.15) is 0 Å². The number of aliphatic hydroxyl groups excluding tert-OH is 1. The molecule has 5 rings (SSSR count). The number of hydrogen-bond acceptors (Lipinski definition) is 8. The second-order valence-electron chi connectivity index (χ2n) is 14.2. The van der Waals surface area contributed by atoms with Gasteiger partial charge in [0.2, 0.25) is 5.91 Å². The summed E-state index contributed by atoms with van der Waals surface area (Å²) in [6.07, 6.45) is -0.851. The minimum Gasteiger partial charge on any atom is -0.465 e. The first-order chi connectivity index (χ1) is 23.9. The molecule has 1 aromatic heterocycles. The molecule has 268 valence electrons. The first kappa shape index (κ1) is 36.8. The van der Waals surface area contributed by atoms with Gasteiger partial charge in [0.05, 0.1) is 38.2 Å². The predicted molar refractivity (Wildman–Crippen MR) is 186 cm³/mol. The summed E-state index contributed by atoms with van der Waals surface area (Å²) in [6, 6.07) is 20.4. The third-order valence-electron chi connectivity index (χ3n) is 9.71. The van der Waals surface area contributed by atoms with E-state index in [1.807, 2.05) is 93.6 Å². The molecule has 12 nitrogen and oxygen atoms in total. The second-order valence-corrected chi connectivity index (χ2v) is 14.2. The summed E-state index contributed by atoms with van der Waals surface area (Å²) in [6.45, 7) is 6.43. The van der Waals surface area contributed by atoms with Gasteiger partial charge in [0.25, 0.3) is 0 Å². The van der Waals surface area contributed by atoms with E-state index in [4.69, 9.17) is 14.2 Å². The fraction of sp³-hybridized carbons (Fsp3) is 0.474. The smallest absolute Gasteiger partial charge is 0.407 e. The van der Waals surface area contributed by atoms with Gasteiger partial charge in [0, 0.05) is 29.6 Å². The van der Waals surface area contributed by atoms with Gasteiger partial charge < -0.3 is 40.4 Å². The van der Waals surface area contributed by atoms with Crippen LogP contribution < -0.4 is 16.0 Å². The molecule has 12 heteroatoms. The van der Waals surface area contributed by atoms with Crippen molar-refractivity contribution in [3.63, 3.8) is 0 Å². The van der Waals surface area contributed by atoms with Crippen LogP contribution in [-0.4, -0.2) is 84.1 Å². The van der Waals surface area contributed by atoms with Crippen molar-refractivity contribution in [3.8, 4) is 11.3 Å². The maximum absolute atomic E-state index is 14.3. The molecule has 0 spiro atoms. The van der Waals surface area contributed by atoms with Crippen molar-refractivity contribution in [2.45, 2.75) is 76.5 Å². The largest absolute Gasteiger partial charge is 0.465 e. The lowest BCUT2D eigenvalue weighted by Gasteiger charge is -2.38. The van der Waals surface area contributed by atoms with Gasteiger partial charge >= 0.3 is 12.2 Å². The molecule has 2 aliphatic rings. The zero-order chi connectivity index (χ0) is 35.8. The van der Waals surface area contributed by atoms with Crippen molar-refractivity contribution in [3.05, 3.63) is 90.1 Å². The summed E-state index contributed by atoms with van der Waals surface area (Å²) in [5.41, 5.74) is 2.78. The normalized spacial score (nSPS) is 21.6. The number of ether oxygens (including phenoxy) is 3. The molecule has 5 N–H and O–H groups in total. The summed E-state index contributed by atoms with van der Waals surface area (Å²) in [7, 11) is 1.24. The van der Waals surface area contributed by atoms with Crippen LogP contribution in [0.25, 0.3) is 11.3 Å². The Hall–Kier alpha value is -4.52. The van der Waals surface area contributed by atoms with Crippen LogP contribution in [0.2, 0.25) is 0 Å². The average molecular weight is 689 g/mol. The number of benzene rings is 2. The molecule has 50 heavy (non-hydrogen) atoms. The fourth-order valence-corrected chi connectivity index (χ4v) is 7.20. The number of aliphatic hydroxyl groups is 1. The monoisotopic (exact) mass is 688 g/mol. The summed E-state index contributed by atoms with van der Waals surface area (Å²) in [5.74, 6) is -0.915. The van der Waals surface area contributed by atoms with Crippen molar-refractivity contribution in [1.82, 2.24) is 20.9 Å². The van der Waals surface area contributed by atoms with E-state index < -0.39 is 47.7 Å². The Morgan fingerprint density at radius 1 is 0.940 bits per heavy atom. The van der Waals surface area contributed by atoms with Gasteiger partial charge in [-0.3, -0.25) is 9.78 Å². The Kier molecular flexibility index (Phi) is 12.1. The Morgan fingerprint density at radius 2 is 1.66 bits per heavy atom. The van der Waals surface area contributed by atoms with Crippen LogP contribution in [-0.2, 0) is 25.4 Å². The van der Waals surface area contributed by atoms with E-state index in [1.54, 1.807) is 6.20 Å². The summed E-state index contributed by atoms with van der Waals surface area (Å²) >= 11 is 0. The highest BCUT2D eigenvalue weighted by Gasteiger charge is 2.49. The van der Waals surface area contributed by atoms with E-state index in [9.17, 15) is 24.6 Å². The van der Waals surface area contributed by atoms with Gasteiger partial charge in [0.1, 0.15) is 6.04 Å². The molecule has 0 aliphatic carbocycles. The quantitative estimate of drug-likeness (QED) is 0.171. The van der Waals surface area contributed by atoms with E-state index in [1.165, 1.54) is 7.11 Å². The highest BCUT2D eigenvalue weighted by Crippen LogP contribution is 2.45. The number of rotatable bonds is 13. The van der Waals surface area contributed by atoms with Crippen molar-refractivity contribution in [2.24, 2.45) is 17.3 Å². The molecule has 2 saturated heterocycles. The van der Waals surface area contributed by atoms with Crippen LogP contribution in [0.4, 0.5) is 9.59 Å². The van der Waals surface area contributed by atoms with Gasteiger partial charge in [-0.1, -0.05) is 81.4 Å². The highest BCUT2D eigenvalue weighted by molar-refractivity contribution is 5.86. The summed E-state index contributed by atoms with van der Waals surface area (Å²) < 4.78 is 16.9. The Bertz CT molecular complexity index is 1570. The van der Waals surface area contributed by atoms with E-state index in [2.05, 4.69) is 20.9 Å². The Labute approximate surface area is 292 Å². The number of alkyl carbamates (subject to hydrolysis) is 1. The molecular formula is C38H48N4O8. The minimum atomic E-state index is -1.27. The second kappa shape index (κ2) is 16.5. The van der Waals surface area contributed by atoms with E-state index in [0.717, 1.165) is 28.8 Å². The van der Waals surface area contributed by atoms with Crippen LogP contribution in [0.5, 0.6) is 0 Å². The molecule has 1 unspecified atom stereocenters. The molecule has 0 radical (unpaired) electrons. The lowest BCUT2D eigenvalue weighted by molar-refractivity contribution is -0.126. The SMILES string of the molecule is COC(=O)N[C@H](C(=O)N[C@@H](C[C@@H](O)[C@H](Cc1ccccc1)NC(=O)O)C(c1ccc(-c2ccccn2)cc1)[C@H]1CO[C@@H]2OCC[C@@H]21)C(C)(C)C. The summed E-state index contributed by atoms with van der Waals surface area (Å²) in [5, 5.41) is 30.0. The minimum absolute atomic E-state index is 0.00000995. The lowest BCUT2D eigenvalue weighted by Crippen LogP contribution is -2.58. The maximum atomic E-state index is 14.3. The van der Waals surface area contributed by atoms with Gasteiger partial charge in [-0.25, -0.2) is 9.59 Å². The van der Waals surface area contributed by atoms with Crippen molar-refractivity contribution in [1.29, 1.82) is 0 Å². The van der Waals surface area contributed by atoms with E-state index >= 15 is 0 Å². The Morgan fingerprint density at radius 3 is 2.30 bits per heavy atom. The van der Waals surface area contributed by atoms with Gasteiger partial charge in [0.15, 0.2) is 6.29 Å². The molecule has 2 aliphatic heterocycles. The number of aromatic nitrogens is 1. The zero-order valence-electron chi connectivity index (χ0n) is 29.0. The molecular weight excluding hydrogens is 640 g/mol. The zero-order valence-corrected chi connectivity index (χ0v) is 29.0. The van der Waals surface area contributed by atoms with Crippen LogP contribution >= 0.6 is 0 Å². The molecule has 0 saturated carbocycles. The third-order valence-corrected chi connectivity index (χ3v) is 9.71. The highest BCUT2D eigenvalue weighted by atomic mass is 16.7. The average Bonchev–Trinajstić information content (AvgIpc) is 3.72. The van der Waals surface area contributed by atoms with Crippen molar-refractivity contribution in [2.75, 3.05) is 20.3 Å². The Balaban J connectivity index is 1.55. The molecule has 8 atom stereocenters. The number of nitrogens with zero attached hydrogens (tertiary/aromatic N) is 1. The number of carbonyl (C=O) groups is 3. The number of hydrogen-bond donors (Lipinski definition) is 5. The predicted octanol–water partition coefficient (Wildman–Crippen LogP) is 4.73.